The Kier molecular flexibility index (Phi) is 4.05. The standard InChI is InChI=1S/C10H11N5O4S/c16-10(17)8-3-1-7(2-4-8)6-20(18,19)11-5-9-12-14-15-13-9/h1-4,11H,5-6H2,(H,16,17)(H,12,13,14,15). The monoisotopic (exact) mass is 297 g/mol. The maximum absolute atomic E-state index is 11.8. The Morgan fingerprint density at radius 2 is 2.00 bits per heavy atom. The first-order valence-electron chi connectivity index (χ1n) is 5.48. The number of aromatic amines is 1. The van der Waals surface area contributed by atoms with Gasteiger partial charge in [-0.15, -0.1) is 10.2 Å². The van der Waals surface area contributed by atoms with Crippen molar-refractivity contribution in [3.63, 3.8) is 0 Å². The number of hydrogen-bond acceptors (Lipinski definition) is 6. The minimum absolute atomic E-state index is 0.0634. The van der Waals surface area contributed by atoms with Gasteiger partial charge in [-0.25, -0.2) is 17.9 Å². The van der Waals surface area contributed by atoms with Gasteiger partial charge in [-0.2, -0.15) is 5.21 Å². The second-order valence-electron chi connectivity index (χ2n) is 3.91. The molecule has 0 unspecified atom stereocenters. The maximum atomic E-state index is 11.8. The molecule has 20 heavy (non-hydrogen) atoms. The molecule has 9 nitrogen and oxygen atoms in total. The molecule has 0 saturated heterocycles. The van der Waals surface area contributed by atoms with E-state index in [0.29, 0.717) is 5.56 Å². The summed E-state index contributed by atoms with van der Waals surface area (Å²) < 4.78 is 25.9. The van der Waals surface area contributed by atoms with Gasteiger partial charge in [0.1, 0.15) is 0 Å². The summed E-state index contributed by atoms with van der Waals surface area (Å²) in [4.78, 5) is 10.7. The van der Waals surface area contributed by atoms with Crippen LogP contribution in [0.2, 0.25) is 0 Å². The first-order valence-corrected chi connectivity index (χ1v) is 7.13. The van der Waals surface area contributed by atoms with Crippen molar-refractivity contribution in [2.45, 2.75) is 12.3 Å². The molecule has 0 aliphatic rings. The topological polar surface area (TPSA) is 138 Å². The second-order valence-corrected chi connectivity index (χ2v) is 5.72. The number of nitrogens with zero attached hydrogens (tertiary/aromatic N) is 3. The molecule has 2 rings (SSSR count). The number of tetrazole rings is 1. The molecule has 0 saturated carbocycles. The Labute approximate surface area is 114 Å². The minimum Gasteiger partial charge on any atom is -0.478 e. The lowest BCUT2D eigenvalue weighted by Gasteiger charge is -2.05. The van der Waals surface area contributed by atoms with Gasteiger partial charge in [0.15, 0.2) is 5.82 Å². The van der Waals surface area contributed by atoms with Gasteiger partial charge in [0.05, 0.1) is 17.9 Å². The van der Waals surface area contributed by atoms with Crippen molar-refractivity contribution in [2.24, 2.45) is 0 Å². The van der Waals surface area contributed by atoms with E-state index in [9.17, 15) is 13.2 Å². The van der Waals surface area contributed by atoms with E-state index in [1.807, 2.05) is 0 Å². The van der Waals surface area contributed by atoms with Crippen molar-refractivity contribution in [3.8, 4) is 0 Å². The number of aromatic nitrogens is 4. The zero-order valence-corrected chi connectivity index (χ0v) is 11.0. The third-order valence-corrected chi connectivity index (χ3v) is 3.69. The molecule has 0 radical (unpaired) electrons. The number of carboxylic acid groups (broad SMARTS) is 1. The van der Waals surface area contributed by atoms with E-state index in [1.54, 1.807) is 0 Å². The SMILES string of the molecule is O=C(O)c1ccc(CS(=O)(=O)NCc2nn[nH]n2)cc1. The molecule has 1 aromatic carbocycles. The highest BCUT2D eigenvalue weighted by molar-refractivity contribution is 7.88. The zero-order valence-electron chi connectivity index (χ0n) is 10.1. The van der Waals surface area contributed by atoms with Crippen LogP contribution in [0.25, 0.3) is 0 Å². The van der Waals surface area contributed by atoms with Crippen molar-refractivity contribution >= 4 is 16.0 Å². The van der Waals surface area contributed by atoms with Crippen LogP contribution in [-0.4, -0.2) is 40.1 Å². The van der Waals surface area contributed by atoms with E-state index < -0.39 is 16.0 Å². The lowest BCUT2D eigenvalue weighted by molar-refractivity contribution is 0.0697. The Balaban J connectivity index is 1.98. The van der Waals surface area contributed by atoms with Gasteiger partial charge in [0.25, 0.3) is 0 Å². The number of benzene rings is 1. The molecule has 1 heterocycles. The lowest BCUT2D eigenvalue weighted by Crippen LogP contribution is -2.25. The van der Waals surface area contributed by atoms with Gasteiger partial charge < -0.3 is 5.11 Å². The third-order valence-electron chi connectivity index (χ3n) is 2.40. The first-order chi connectivity index (χ1) is 9.46. The highest BCUT2D eigenvalue weighted by atomic mass is 32.2. The van der Waals surface area contributed by atoms with Gasteiger partial charge >= 0.3 is 5.97 Å². The number of nitrogens with one attached hydrogen (secondary N) is 2. The van der Waals surface area contributed by atoms with Crippen LogP contribution in [0.1, 0.15) is 21.7 Å². The van der Waals surface area contributed by atoms with E-state index in [4.69, 9.17) is 5.11 Å². The van der Waals surface area contributed by atoms with Crippen LogP contribution in [0, 0.1) is 0 Å². The largest absolute Gasteiger partial charge is 0.478 e. The molecule has 3 N–H and O–H groups in total. The summed E-state index contributed by atoms with van der Waals surface area (Å²) >= 11 is 0. The molecular formula is C10H11N5O4S. The number of sulfonamides is 1. The molecule has 0 aliphatic heterocycles. The van der Waals surface area contributed by atoms with Gasteiger partial charge in [-0.05, 0) is 17.7 Å². The second kappa shape index (κ2) is 5.75. The fourth-order valence-electron chi connectivity index (χ4n) is 1.45. The molecule has 0 fully saturated rings. The lowest BCUT2D eigenvalue weighted by atomic mass is 10.1. The van der Waals surface area contributed by atoms with Crippen LogP contribution in [0.3, 0.4) is 0 Å². The molecule has 0 spiro atoms. The van der Waals surface area contributed by atoms with Crippen LogP contribution in [0.5, 0.6) is 0 Å². The Bertz CT molecular complexity index is 681. The summed E-state index contributed by atoms with van der Waals surface area (Å²) in [6.07, 6.45) is 0. The third kappa shape index (κ3) is 3.83. The Morgan fingerprint density at radius 3 is 2.55 bits per heavy atom. The summed E-state index contributed by atoms with van der Waals surface area (Å²) in [6, 6.07) is 5.62. The highest BCUT2D eigenvalue weighted by Crippen LogP contribution is 2.08. The summed E-state index contributed by atoms with van der Waals surface area (Å²) in [7, 11) is -3.56. The van der Waals surface area contributed by atoms with Crippen molar-refractivity contribution in [3.05, 3.63) is 41.2 Å². The van der Waals surface area contributed by atoms with E-state index in [1.165, 1.54) is 24.3 Å². The fraction of sp³-hybridized carbons (Fsp3) is 0.200. The van der Waals surface area contributed by atoms with E-state index >= 15 is 0 Å². The van der Waals surface area contributed by atoms with E-state index in [-0.39, 0.29) is 23.7 Å². The number of H-pyrrole nitrogens is 1. The molecule has 0 amide bonds. The van der Waals surface area contributed by atoms with Crippen molar-refractivity contribution < 1.29 is 18.3 Å². The normalized spacial score (nSPS) is 11.4. The average Bonchev–Trinajstić information content (AvgIpc) is 2.90. The van der Waals surface area contributed by atoms with E-state index in [2.05, 4.69) is 25.3 Å². The van der Waals surface area contributed by atoms with Crippen molar-refractivity contribution in [2.75, 3.05) is 0 Å². The fourth-order valence-corrected chi connectivity index (χ4v) is 2.53. The molecule has 0 atom stereocenters. The Morgan fingerprint density at radius 1 is 1.30 bits per heavy atom. The summed E-state index contributed by atoms with van der Waals surface area (Å²) in [5.41, 5.74) is 0.585. The highest BCUT2D eigenvalue weighted by Gasteiger charge is 2.13. The van der Waals surface area contributed by atoms with Crippen LogP contribution in [0.15, 0.2) is 24.3 Å². The zero-order chi connectivity index (χ0) is 14.6. The van der Waals surface area contributed by atoms with Crippen LogP contribution in [-0.2, 0) is 22.3 Å². The smallest absolute Gasteiger partial charge is 0.335 e. The number of carbonyl (C=O) groups is 1. The maximum Gasteiger partial charge on any atom is 0.335 e. The van der Waals surface area contributed by atoms with Gasteiger partial charge in [-0.1, -0.05) is 17.3 Å². The van der Waals surface area contributed by atoms with E-state index in [0.717, 1.165) is 0 Å². The summed E-state index contributed by atoms with van der Waals surface area (Å²) in [5, 5.41) is 21.5. The van der Waals surface area contributed by atoms with Crippen LogP contribution in [0.4, 0.5) is 0 Å². The first kappa shape index (κ1) is 14.1. The molecule has 0 bridgehead atoms. The van der Waals surface area contributed by atoms with Crippen molar-refractivity contribution in [1.82, 2.24) is 25.3 Å². The molecule has 0 aliphatic carbocycles. The number of hydrogen-bond donors (Lipinski definition) is 3. The van der Waals surface area contributed by atoms with Gasteiger partial charge in [-0.3, -0.25) is 0 Å². The van der Waals surface area contributed by atoms with Gasteiger partial charge in [0.2, 0.25) is 10.0 Å². The molecule has 2 aromatic rings. The molecule has 1 aromatic heterocycles. The minimum atomic E-state index is -3.56. The average molecular weight is 297 g/mol. The summed E-state index contributed by atoms with van der Waals surface area (Å²) in [5.74, 6) is -1.09. The number of aromatic carboxylic acids is 1. The molecule has 10 heteroatoms. The van der Waals surface area contributed by atoms with Crippen molar-refractivity contribution in [1.29, 1.82) is 0 Å². The number of rotatable bonds is 6. The van der Waals surface area contributed by atoms with Gasteiger partial charge in [0, 0.05) is 0 Å². The Hall–Kier alpha value is -2.33. The van der Waals surface area contributed by atoms with Crippen LogP contribution < -0.4 is 4.72 Å². The summed E-state index contributed by atoms with van der Waals surface area (Å²) in [6.45, 7) is -0.0634. The number of carboxylic acids is 1. The molecule has 106 valence electrons. The predicted octanol–water partition coefficient (Wildman–Crippen LogP) is -0.482. The quantitative estimate of drug-likeness (QED) is 0.654. The van der Waals surface area contributed by atoms with Crippen LogP contribution >= 0.6 is 0 Å². The molecular weight excluding hydrogens is 286 g/mol. The predicted molar refractivity (Wildman–Crippen MR) is 67.0 cm³/mol.